The highest BCUT2D eigenvalue weighted by atomic mass is 19.1. The van der Waals surface area contributed by atoms with Crippen molar-refractivity contribution in [3.8, 4) is 5.75 Å². The molecule has 1 amide bonds. The molecule has 0 aliphatic rings. The molecule has 1 aromatic carbocycles. The Morgan fingerprint density at radius 1 is 1.47 bits per heavy atom. The molecule has 4 nitrogen and oxygen atoms in total. The highest BCUT2D eigenvalue weighted by molar-refractivity contribution is 5.75. The summed E-state index contributed by atoms with van der Waals surface area (Å²) < 4.78 is 17.8. The van der Waals surface area contributed by atoms with E-state index in [0.717, 1.165) is 0 Å². The maximum Gasteiger partial charge on any atom is 0.223 e. The SMILES string of the molecule is C[C@H](O)CNC(=O)CCOc1ccc(F)cc1. The van der Waals surface area contributed by atoms with E-state index >= 15 is 0 Å². The molecule has 0 saturated heterocycles. The van der Waals surface area contributed by atoms with Gasteiger partial charge in [-0.15, -0.1) is 0 Å². The van der Waals surface area contributed by atoms with Gasteiger partial charge in [-0.25, -0.2) is 4.39 Å². The van der Waals surface area contributed by atoms with Gasteiger partial charge in [0.15, 0.2) is 0 Å². The minimum Gasteiger partial charge on any atom is -0.493 e. The fraction of sp³-hybridized carbons (Fsp3) is 0.417. The van der Waals surface area contributed by atoms with Crippen molar-refractivity contribution in [3.05, 3.63) is 30.1 Å². The fourth-order valence-electron chi connectivity index (χ4n) is 1.14. The fourth-order valence-corrected chi connectivity index (χ4v) is 1.14. The van der Waals surface area contributed by atoms with Crippen molar-refractivity contribution in [1.82, 2.24) is 5.32 Å². The molecule has 17 heavy (non-hydrogen) atoms. The average Bonchev–Trinajstić information content (AvgIpc) is 2.29. The molecule has 0 spiro atoms. The van der Waals surface area contributed by atoms with Crippen molar-refractivity contribution >= 4 is 5.91 Å². The van der Waals surface area contributed by atoms with Crippen LogP contribution in [0, 0.1) is 5.82 Å². The van der Waals surface area contributed by atoms with Crippen LogP contribution >= 0.6 is 0 Å². The number of amides is 1. The average molecular weight is 241 g/mol. The van der Waals surface area contributed by atoms with Crippen molar-refractivity contribution in [3.63, 3.8) is 0 Å². The molecule has 2 N–H and O–H groups in total. The molecular formula is C12H16FNO3. The van der Waals surface area contributed by atoms with E-state index in [0.29, 0.717) is 5.75 Å². The quantitative estimate of drug-likeness (QED) is 0.784. The Morgan fingerprint density at radius 3 is 2.71 bits per heavy atom. The number of carbonyl (C=O) groups excluding carboxylic acids is 1. The number of benzene rings is 1. The summed E-state index contributed by atoms with van der Waals surface area (Å²) >= 11 is 0. The molecule has 0 fully saturated rings. The third-order valence-corrected chi connectivity index (χ3v) is 2.01. The van der Waals surface area contributed by atoms with Gasteiger partial charge in [-0.3, -0.25) is 4.79 Å². The summed E-state index contributed by atoms with van der Waals surface area (Å²) in [7, 11) is 0. The van der Waals surface area contributed by atoms with Crippen LogP contribution in [0.5, 0.6) is 5.75 Å². The van der Waals surface area contributed by atoms with Crippen LogP contribution in [0.1, 0.15) is 13.3 Å². The lowest BCUT2D eigenvalue weighted by atomic mass is 10.3. The van der Waals surface area contributed by atoms with Crippen LogP contribution < -0.4 is 10.1 Å². The highest BCUT2D eigenvalue weighted by Crippen LogP contribution is 2.10. The van der Waals surface area contributed by atoms with Crippen LogP contribution in [0.25, 0.3) is 0 Å². The minimum atomic E-state index is -0.558. The largest absolute Gasteiger partial charge is 0.493 e. The van der Waals surface area contributed by atoms with Crippen molar-refractivity contribution in [2.45, 2.75) is 19.4 Å². The summed E-state index contributed by atoms with van der Waals surface area (Å²) in [6, 6.07) is 5.60. The first-order valence-electron chi connectivity index (χ1n) is 5.41. The number of rotatable bonds is 6. The molecule has 0 saturated carbocycles. The van der Waals surface area contributed by atoms with E-state index in [9.17, 15) is 9.18 Å². The predicted molar refractivity (Wildman–Crippen MR) is 61.2 cm³/mol. The zero-order chi connectivity index (χ0) is 12.7. The van der Waals surface area contributed by atoms with Crippen LogP contribution in [0.4, 0.5) is 4.39 Å². The summed E-state index contributed by atoms with van der Waals surface area (Å²) in [6.45, 7) is 2.04. The zero-order valence-corrected chi connectivity index (χ0v) is 9.65. The second-order valence-electron chi connectivity index (χ2n) is 3.71. The van der Waals surface area contributed by atoms with Gasteiger partial charge in [0.2, 0.25) is 5.91 Å². The lowest BCUT2D eigenvalue weighted by Gasteiger charge is -2.08. The number of nitrogens with one attached hydrogen (secondary N) is 1. The molecule has 0 unspecified atom stereocenters. The Balaban J connectivity index is 2.19. The predicted octanol–water partition coefficient (Wildman–Crippen LogP) is 1.09. The van der Waals surface area contributed by atoms with Crippen LogP contribution in [0.2, 0.25) is 0 Å². The molecule has 1 atom stereocenters. The van der Waals surface area contributed by atoms with Gasteiger partial charge in [-0.2, -0.15) is 0 Å². The number of carbonyl (C=O) groups is 1. The first kappa shape index (κ1) is 13.4. The van der Waals surface area contributed by atoms with E-state index in [1.807, 2.05) is 0 Å². The zero-order valence-electron chi connectivity index (χ0n) is 9.65. The Morgan fingerprint density at radius 2 is 2.12 bits per heavy atom. The Hall–Kier alpha value is -1.62. The van der Waals surface area contributed by atoms with E-state index in [4.69, 9.17) is 9.84 Å². The first-order chi connectivity index (χ1) is 8.08. The van der Waals surface area contributed by atoms with Crippen molar-refractivity contribution in [2.24, 2.45) is 0 Å². The number of aliphatic hydroxyl groups is 1. The second-order valence-corrected chi connectivity index (χ2v) is 3.71. The van der Waals surface area contributed by atoms with Gasteiger partial charge in [0.05, 0.1) is 19.1 Å². The summed E-state index contributed by atoms with van der Waals surface area (Å²) in [6.07, 6.45) is -0.360. The van der Waals surface area contributed by atoms with Gasteiger partial charge in [0, 0.05) is 6.54 Å². The molecule has 5 heteroatoms. The van der Waals surface area contributed by atoms with Crippen LogP contribution in [0.15, 0.2) is 24.3 Å². The Kier molecular flexibility index (Phi) is 5.42. The maximum absolute atomic E-state index is 12.6. The lowest BCUT2D eigenvalue weighted by Crippen LogP contribution is -2.31. The summed E-state index contributed by atoms with van der Waals surface area (Å²) in [5, 5.41) is 11.5. The maximum atomic E-state index is 12.6. The van der Waals surface area contributed by atoms with E-state index in [-0.39, 0.29) is 31.3 Å². The molecule has 1 aromatic rings. The normalized spacial score (nSPS) is 11.9. The number of ether oxygens (including phenoxy) is 1. The van der Waals surface area contributed by atoms with Crippen LogP contribution in [0.3, 0.4) is 0 Å². The van der Waals surface area contributed by atoms with Crippen LogP contribution in [-0.2, 0) is 4.79 Å². The highest BCUT2D eigenvalue weighted by Gasteiger charge is 2.03. The lowest BCUT2D eigenvalue weighted by molar-refractivity contribution is -0.122. The first-order valence-corrected chi connectivity index (χ1v) is 5.41. The van der Waals surface area contributed by atoms with E-state index in [1.165, 1.54) is 24.3 Å². The Bertz CT molecular complexity index is 351. The van der Waals surface area contributed by atoms with Crippen LogP contribution in [-0.4, -0.2) is 30.3 Å². The molecule has 0 aliphatic heterocycles. The van der Waals surface area contributed by atoms with E-state index in [1.54, 1.807) is 6.92 Å². The molecule has 0 radical (unpaired) electrons. The van der Waals surface area contributed by atoms with Crippen molar-refractivity contribution in [2.75, 3.05) is 13.2 Å². The van der Waals surface area contributed by atoms with Gasteiger partial charge in [-0.1, -0.05) is 0 Å². The van der Waals surface area contributed by atoms with Crippen molar-refractivity contribution < 1.29 is 19.0 Å². The smallest absolute Gasteiger partial charge is 0.223 e. The number of halogens is 1. The second kappa shape index (κ2) is 6.85. The van der Waals surface area contributed by atoms with Crippen molar-refractivity contribution in [1.29, 1.82) is 0 Å². The van der Waals surface area contributed by atoms with E-state index < -0.39 is 6.10 Å². The van der Waals surface area contributed by atoms with Gasteiger partial charge in [0.25, 0.3) is 0 Å². The standard InChI is InChI=1S/C12H16FNO3/c1-9(15)8-14-12(16)6-7-17-11-4-2-10(13)3-5-11/h2-5,9,15H,6-8H2,1H3,(H,14,16)/t9-/m0/s1. The third kappa shape index (κ3) is 5.87. The topological polar surface area (TPSA) is 58.6 Å². The molecule has 0 bridgehead atoms. The number of hydrogen-bond donors (Lipinski definition) is 2. The molecule has 94 valence electrons. The van der Waals surface area contributed by atoms with Gasteiger partial charge in [-0.05, 0) is 31.2 Å². The van der Waals surface area contributed by atoms with E-state index in [2.05, 4.69) is 5.32 Å². The number of aliphatic hydroxyl groups excluding tert-OH is 1. The van der Waals surface area contributed by atoms with Gasteiger partial charge < -0.3 is 15.2 Å². The summed E-state index contributed by atoms with van der Waals surface area (Å²) in [5.41, 5.74) is 0. The minimum absolute atomic E-state index is 0.187. The summed E-state index contributed by atoms with van der Waals surface area (Å²) in [5.74, 6) is 0.00904. The van der Waals surface area contributed by atoms with Gasteiger partial charge in [0.1, 0.15) is 11.6 Å². The molecule has 0 aromatic heterocycles. The third-order valence-electron chi connectivity index (χ3n) is 2.01. The number of hydrogen-bond acceptors (Lipinski definition) is 3. The molecule has 1 rings (SSSR count). The summed E-state index contributed by atoms with van der Waals surface area (Å²) in [4.78, 5) is 11.2. The molecular weight excluding hydrogens is 225 g/mol. The monoisotopic (exact) mass is 241 g/mol. The Labute approximate surface area is 99.4 Å². The molecule has 0 heterocycles. The molecule has 0 aliphatic carbocycles. The van der Waals surface area contributed by atoms with Gasteiger partial charge >= 0.3 is 0 Å².